The van der Waals surface area contributed by atoms with Gasteiger partial charge in [0.2, 0.25) is 0 Å². The number of carbonyl (C=O) groups excluding carboxylic acids is 1. The second-order valence-corrected chi connectivity index (χ2v) is 4.91. The smallest absolute Gasteiger partial charge is 0.257 e. The van der Waals surface area contributed by atoms with Crippen LogP contribution in [0.2, 0.25) is 5.02 Å². The van der Waals surface area contributed by atoms with Crippen LogP contribution in [-0.4, -0.2) is 16.0 Å². The van der Waals surface area contributed by atoms with Crippen LogP contribution < -0.4 is 11.1 Å². The van der Waals surface area contributed by atoms with Crippen LogP contribution in [0, 0.1) is 0 Å². The molecular formula is C14H11ClN2O2S. The van der Waals surface area contributed by atoms with Crippen molar-refractivity contribution in [1.82, 2.24) is 0 Å². The molecule has 0 aliphatic rings. The van der Waals surface area contributed by atoms with E-state index in [2.05, 4.69) is 5.32 Å². The number of halogens is 1. The van der Waals surface area contributed by atoms with Crippen molar-refractivity contribution in [2.45, 2.75) is 0 Å². The summed E-state index contributed by atoms with van der Waals surface area (Å²) in [7, 11) is 0. The number of benzene rings is 2. The number of phenols is 1. The zero-order chi connectivity index (χ0) is 14.7. The minimum atomic E-state index is -0.408. The highest BCUT2D eigenvalue weighted by Gasteiger charge is 2.11. The Morgan fingerprint density at radius 1 is 1.20 bits per heavy atom. The minimum Gasteiger partial charge on any atom is -0.508 e. The molecule has 2 aromatic rings. The van der Waals surface area contributed by atoms with E-state index in [0.29, 0.717) is 16.2 Å². The van der Waals surface area contributed by atoms with Gasteiger partial charge in [-0.15, -0.1) is 0 Å². The molecule has 0 unspecified atom stereocenters. The fourth-order valence-electron chi connectivity index (χ4n) is 1.60. The van der Waals surface area contributed by atoms with Crippen molar-refractivity contribution in [2.75, 3.05) is 5.32 Å². The summed E-state index contributed by atoms with van der Waals surface area (Å²) in [5.41, 5.74) is 6.98. The van der Waals surface area contributed by atoms with Crippen LogP contribution in [0.5, 0.6) is 5.75 Å². The van der Waals surface area contributed by atoms with Crippen LogP contribution in [0.3, 0.4) is 0 Å². The molecule has 2 aromatic carbocycles. The molecule has 0 saturated heterocycles. The van der Waals surface area contributed by atoms with Crippen molar-refractivity contribution in [3.05, 3.63) is 58.6 Å². The summed E-state index contributed by atoms with van der Waals surface area (Å²) < 4.78 is 0. The number of nitrogens with one attached hydrogen (secondary N) is 1. The van der Waals surface area contributed by atoms with Crippen LogP contribution in [0.4, 0.5) is 5.69 Å². The van der Waals surface area contributed by atoms with Crippen molar-refractivity contribution in [3.63, 3.8) is 0 Å². The van der Waals surface area contributed by atoms with E-state index >= 15 is 0 Å². The highest BCUT2D eigenvalue weighted by Crippen LogP contribution is 2.22. The number of nitrogens with two attached hydrogens (primary N) is 1. The summed E-state index contributed by atoms with van der Waals surface area (Å²) in [5, 5.41) is 12.3. The van der Waals surface area contributed by atoms with E-state index in [1.165, 1.54) is 18.2 Å². The Kier molecular flexibility index (Phi) is 4.22. The van der Waals surface area contributed by atoms with E-state index in [1.807, 2.05) is 0 Å². The van der Waals surface area contributed by atoms with Gasteiger partial charge < -0.3 is 16.2 Å². The van der Waals surface area contributed by atoms with Crippen LogP contribution in [0.25, 0.3) is 0 Å². The van der Waals surface area contributed by atoms with Gasteiger partial charge in [-0.2, -0.15) is 0 Å². The molecule has 0 aliphatic carbocycles. The Labute approximate surface area is 126 Å². The third-order valence-electron chi connectivity index (χ3n) is 2.62. The molecule has 0 aliphatic heterocycles. The quantitative estimate of drug-likeness (QED) is 0.762. The lowest BCUT2D eigenvalue weighted by molar-refractivity contribution is 0.102. The standard InChI is InChI=1S/C14H11ClN2O2S/c15-12-6-5-10(18)7-11(12)14(19)17-9-3-1-8(2-4-9)13(16)20/h1-7,18H,(H2,16,20)(H,17,19). The molecule has 0 spiro atoms. The Hall–Kier alpha value is -2.11. The zero-order valence-corrected chi connectivity index (χ0v) is 11.8. The van der Waals surface area contributed by atoms with E-state index in [0.717, 1.165) is 0 Å². The lowest BCUT2D eigenvalue weighted by atomic mass is 10.1. The number of phenolic OH excluding ortho intramolecular Hbond substituents is 1. The first-order chi connectivity index (χ1) is 9.47. The van der Waals surface area contributed by atoms with Crippen LogP contribution in [0.1, 0.15) is 15.9 Å². The zero-order valence-electron chi connectivity index (χ0n) is 10.3. The molecule has 0 radical (unpaired) electrons. The number of anilines is 1. The molecule has 0 aromatic heterocycles. The number of hydrogen-bond donors (Lipinski definition) is 3. The first-order valence-electron chi connectivity index (χ1n) is 5.67. The van der Waals surface area contributed by atoms with Crippen molar-refractivity contribution in [2.24, 2.45) is 5.73 Å². The van der Waals surface area contributed by atoms with Gasteiger partial charge in [-0.1, -0.05) is 23.8 Å². The third-order valence-corrected chi connectivity index (χ3v) is 3.19. The number of thiocarbonyl (C=S) groups is 1. The highest BCUT2D eigenvalue weighted by molar-refractivity contribution is 7.80. The Balaban J connectivity index is 2.19. The summed E-state index contributed by atoms with van der Waals surface area (Å²) in [6.45, 7) is 0. The van der Waals surface area contributed by atoms with E-state index in [1.54, 1.807) is 24.3 Å². The van der Waals surface area contributed by atoms with Gasteiger partial charge in [0.25, 0.3) is 5.91 Å². The van der Waals surface area contributed by atoms with E-state index in [9.17, 15) is 9.90 Å². The maximum Gasteiger partial charge on any atom is 0.257 e. The molecule has 4 N–H and O–H groups in total. The molecule has 0 saturated carbocycles. The largest absolute Gasteiger partial charge is 0.508 e. The molecule has 20 heavy (non-hydrogen) atoms. The van der Waals surface area contributed by atoms with Gasteiger partial charge >= 0.3 is 0 Å². The lowest BCUT2D eigenvalue weighted by Gasteiger charge is -2.08. The van der Waals surface area contributed by atoms with E-state index in [4.69, 9.17) is 29.6 Å². The average molecular weight is 307 g/mol. The van der Waals surface area contributed by atoms with Gasteiger partial charge in [0.05, 0.1) is 10.6 Å². The number of rotatable bonds is 3. The monoisotopic (exact) mass is 306 g/mol. The molecule has 6 heteroatoms. The normalized spacial score (nSPS) is 10.1. The first kappa shape index (κ1) is 14.3. The van der Waals surface area contributed by atoms with Gasteiger partial charge in [0.1, 0.15) is 10.7 Å². The van der Waals surface area contributed by atoms with E-state index < -0.39 is 5.91 Å². The summed E-state index contributed by atoms with van der Waals surface area (Å²) >= 11 is 10.8. The van der Waals surface area contributed by atoms with Crippen LogP contribution >= 0.6 is 23.8 Å². The summed E-state index contributed by atoms with van der Waals surface area (Å²) in [4.78, 5) is 12.3. The van der Waals surface area contributed by atoms with Gasteiger partial charge in [-0.3, -0.25) is 4.79 Å². The number of hydrogen-bond acceptors (Lipinski definition) is 3. The molecule has 1 amide bonds. The second-order valence-electron chi connectivity index (χ2n) is 4.06. The highest BCUT2D eigenvalue weighted by atomic mass is 35.5. The molecule has 0 fully saturated rings. The van der Waals surface area contributed by atoms with Crippen molar-refractivity contribution >= 4 is 40.4 Å². The predicted molar refractivity (Wildman–Crippen MR) is 83.4 cm³/mol. The summed E-state index contributed by atoms with van der Waals surface area (Å²) in [6, 6.07) is 11.0. The van der Waals surface area contributed by atoms with Crippen molar-refractivity contribution < 1.29 is 9.90 Å². The summed E-state index contributed by atoms with van der Waals surface area (Å²) in [6.07, 6.45) is 0. The van der Waals surface area contributed by atoms with Crippen LogP contribution in [0.15, 0.2) is 42.5 Å². The average Bonchev–Trinajstić information content (AvgIpc) is 2.42. The maximum absolute atomic E-state index is 12.0. The summed E-state index contributed by atoms with van der Waals surface area (Å²) in [5.74, 6) is -0.433. The van der Waals surface area contributed by atoms with Gasteiger partial charge in [0, 0.05) is 11.3 Å². The Morgan fingerprint density at radius 3 is 2.45 bits per heavy atom. The molecule has 2 rings (SSSR count). The minimum absolute atomic E-state index is 0.0246. The number of amides is 1. The Morgan fingerprint density at radius 2 is 1.85 bits per heavy atom. The van der Waals surface area contributed by atoms with Crippen LogP contribution in [-0.2, 0) is 0 Å². The topological polar surface area (TPSA) is 75.3 Å². The fourth-order valence-corrected chi connectivity index (χ4v) is 1.94. The Bertz CT molecular complexity index is 671. The molecule has 0 atom stereocenters. The molecule has 0 heterocycles. The van der Waals surface area contributed by atoms with Crippen molar-refractivity contribution in [3.8, 4) is 5.75 Å². The second kappa shape index (κ2) is 5.90. The van der Waals surface area contributed by atoms with Gasteiger partial charge in [-0.05, 0) is 42.5 Å². The maximum atomic E-state index is 12.0. The molecule has 4 nitrogen and oxygen atoms in total. The lowest BCUT2D eigenvalue weighted by Crippen LogP contribution is -2.13. The van der Waals surface area contributed by atoms with E-state index in [-0.39, 0.29) is 16.3 Å². The van der Waals surface area contributed by atoms with Gasteiger partial charge in [-0.25, -0.2) is 0 Å². The van der Waals surface area contributed by atoms with Gasteiger partial charge in [0.15, 0.2) is 0 Å². The molecular weight excluding hydrogens is 296 g/mol. The first-order valence-corrected chi connectivity index (χ1v) is 6.46. The number of carbonyl (C=O) groups is 1. The fraction of sp³-hybridized carbons (Fsp3) is 0. The molecule has 102 valence electrons. The molecule has 0 bridgehead atoms. The third kappa shape index (κ3) is 3.26. The van der Waals surface area contributed by atoms with Crippen molar-refractivity contribution in [1.29, 1.82) is 0 Å². The predicted octanol–water partition coefficient (Wildman–Crippen LogP) is 2.93. The number of aromatic hydroxyl groups is 1. The SMILES string of the molecule is NC(=S)c1ccc(NC(=O)c2cc(O)ccc2Cl)cc1.